The number of amides is 3. The standard InChI is InChI=1S/C11H13N3O4/c15-9-7-14(4-3-12-9)10(16)6-13-11(17)8-2-1-5-18-8/h1-2,5H,3-4,6-7H2,(H,12,15)(H,13,17). The van der Waals surface area contributed by atoms with E-state index in [1.54, 1.807) is 6.07 Å². The number of nitrogens with one attached hydrogen (secondary N) is 2. The van der Waals surface area contributed by atoms with E-state index in [2.05, 4.69) is 10.6 Å². The molecular formula is C11H13N3O4. The van der Waals surface area contributed by atoms with E-state index < -0.39 is 5.91 Å². The average Bonchev–Trinajstić information content (AvgIpc) is 2.89. The normalized spacial score (nSPS) is 15.1. The van der Waals surface area contributed by atoms with Crippen molar-refractivity contribution in [3.8, 4) is 0 Å². The maximum atomic E-state index is 11.7. The lowest BCUT2D eigenvalue weighted by molar-refractivity contribution is -0.137. The van der Waals surface area contributed by atoms with Crippen LogP contribution in [-0.4, -0.2) is 48.8 Å². The molecule has 0 spiro atoms. The van der Waals surface area contributed by atoms with E-state index in [9.17, 15) is 14.4 Å². The summed E-state index contributed by atoms with van der Waals surface area (Å²) in [7, 11) is 0. The molecule has 0 saturated carbocycles. The first-order valence-electron chi connectivity index (χ1n) is 5.53. The summed E-state index contributed by atoms with van der Waals surface area (Å²) in [6, 6.07) is 3.10. The minimum Gasteiger partial charge on any atom is -0.459 e. The fourth-order valence-electron chi connectivity index (χ4n) is 1.61. The number of furan rings is 1. The first-order chi connectivity index (χ1) is 8.66. The van der Waals surface area contributed by atoms with Crippen molar-refractivity contribution < 1.29 is 18.8 Å². The quantitative estimate of drug-likeness (QED) is 0.718. The van der Waals surface area contributed by atoms with Gasteiger partial charge in [0, 0.05) is 13.1 Å². The van der Waals surface area contributed by atoms with E-state index in [-0.39, 0.29) is 30.7 Å². The lowest BCUT2D eigenvalue weighted by Crippen LogP contribution is -2.52. The second-order valence-electron chi connectivity index (χ2n) is 3.83. The number of carbonyl (C=O) groups excluding carboxylic acids is 3. The van der Waals surface area contributed by atoms with Crippen LogP contribution in [0, 0.1) is 0 Å². The van der Waals surface area contributed by atoms with Crippen LogP contribution in [0.3, 0.4) is 0 Å². The number of hydrogen-bond donors (Lipinski definition) is 2. The number of piperazine rings is 1. The van der Waals surface area contributed by atoms with Gasteiger partial charge in [0.05, 0.1) is 19.4 Å². The molecule has 0 radical (unpaired) electrons. The molecule has 0 aliphatic carbocycles. The third-order valence-corrected chi connectivity index (χ3v) is 2.54. The van der Waals surface area contributed by atoms with Crippen LogP contribution >= 0.6 is 0 Å². The van der Waals surface area contributed by atoms with Crippen molar-refractivity contribution in [3.05, 3.63) is 24.2 Å². The average molecular weight is 251 g/mol. The van der Waals surface area contributed by atoms with Gasteiger partial charge in [0.1, 0.15) is 0 Å². The third kappa shape index (κ3) is 2.88. The SMILES string of the molecule is O=C1CN(C(=O)CNC(=O)c2ccco2)CCN1. The van der Waals surface area contributed by atoms with Crippen molar-refractivity contribution in [1.29, 1.82) is 0 Å². The van der Waals surface area contributed by atoms with E-state index in [0.717, 1.165) is 0 Å². The molecule has 0 atom stereocenters. The highest BCUT2D eigenvalue weighted by atomic mass is 16.3. The van der Waals surface area contributed by atoms with Crippen molar-refractivity contribution in [2.24, 2.45) is 0 Å². The molecule has 1 aromatic rings. The van der Waals surface area contributed by atoms with Crippen molar-refractivity contribution in [2.45, 2.75) is 0 Å². The number of rotatable bonds is 3. The van der Waals surface area contributed by atoms with Gasteiger partial charge in [-0.3, -0.25) is 14.4 Å². The van der Waals surface area contributed by atoms with Crippen LogP contribution in [0.15, 0.2) is 22.8 Å². The second kappa shape index (κ2) is 5.35. The van der Waals surface area contributed by atoms with Crippen molar-refractivity contribution in [3.63, 3.8) is 0 Å². The van der Waals surface area contributed by atoms with E-state index in [1.807, 2.05) is 0 Å². The molecule has 2 rings (SSSR count). The van der Waals surface area contributed by atoms with E-state index in [4.69, 9.17) is 4.42 Å². The second-order valence-corrected chi connectivity index (χ2v) is 3.83. The predicted octanol–water partition coefficient (Wildman–Crippen LogP) is -1.03. The van der Waals surface area contributed by atoms with Crippen molar-refractivity contribution in [1.82, 2.24) is 15.5 Å². The fourth-order valence-corrected chi connectivity index (χ4v) is 1.61. The number of nitrogens with zero attached hydrogens (tertiary/aromatic N) is 1. The van der Waals surface area contributed by atoms with Crippen molar-refractivity contribution in [2.75, 3.05) is 26.2 Å². The summed E-state index contributed by atoms with van der Waals surface area (Å²) in [6.45, 7) is 0.792. The minimum absolute atomic E-state index is 0.0372. The molecule has 1 aliphatic heterocycles. The Kier molecular flexibility index (Phi) is 3.61. The van der Waals surface area contributed by atoms with E-state index >= 15 is 0 Å². The Morgan fingerprint density at radius 1 is 1.50 bits per heavy atom. The highest BCUT2D eigenvalue weighted by Crippen LogP contribution is 1.99. The predicted molar refractivity (Wildman–Crippen MR) is 60.6 cm³/mol. The summed E-state index contributed by atoms with van der Waals surface area (Å²) >= 11 is 0. The molecule has 0 unspecified atom stereocenters. The fraction of sp³-hybridized carbons (Fsp3) is 0.364. The lowest BCUT2D eigenvalue weighted by atomic mass is 10.3. The zero-order chi connectivity index (χ0) is 13.0. The first kappa shape index (κ1) is 12.2. The summed E-state index contributed by atoms with van der Waals surface area (Å²) in [5.74, 6) is -0.772. The molecule has 2 N–H and O–H groups in total. The van der Waals surface area contributed by atoms with Crippen LogP contribution in [0.25, 0.3) is 0 Å². The largest absolute Gasteiger partial charge is 0.459 e. The first-order valence-corrected chi connectivity index (χ1v) is 5.53. The zero-order valence-corrected chi connectivity index (χ0v) is 9.64. The summed E-state index contributed by atoms with van der Waals surface area (Å²) in [5, 5.41) is 5.06. The zero-order valence-electron chi connectivity index (χ0n) is 9.64. The van der Waals surface area contributed by atoms with Crippen LogP contribution in [0.1, 0.15) is 10.6 Å². The molecule has 7 heteroatoms. The summed E-state index contributed by atoms with van der Waals surface area (Å²) in [6.07, 6.45) is 1.38. The van der Waals surface area contributed by atoms with Crippen LogP contribution < -0.4 is 10.6 Å². The highest BCUT2D eigenvalue weighted by molar-refractivity contribution is 5.94. The molecule has 0 aromatic carbocycles. The van der Waals surface area contributed by atoms with Gasteiger partial charge in [-0.1, -0.05) is 0 Å². The Bertz CT molecular complexity index is 455. The number of carbonyl (C=O) groups is 3. The van der Waals surface area contributed by atoms with E-state index in [1.165, 1.54) is 17.2 Å². The third-order valence-electron chi connectivity index (χ3n) is 2.54. The van der Waals surface area contributed by atoms with E-state index in [0.29, 0.717) is 13.1 Å². The molecule has 7 nitrogen and oxygen atoms in total. The van der Waals surface area contributed by atoms with Gasteiger partial charge in [-0.2, -0.15) is 0 Å². The molecule has 3 amide bonds. The molecule has 18 heavy (non-hydrogen) atoms. The van der Waals surface area contributed by atoms with Crippen LogP contribution in [-0.2, 0) is 9.59 Å². The maximum absolute atomic E-state index is 11.7. The van der Waals surface area contributed by atoms with Crippen LogP contribution in [0.4, 0.5) is 0 Å². The maximum Gasteiger partial charge on any atom is 0.287 e. The van der Waals surface area contributed by atoms with Gasteiger partial charge in [0.15, 0.2) is 5.76 Å². The monoisotopic (exact) mass is 251 g/mol. The number of hydrogen-bond acceptors (Lipinski definition) is 4. The Morgan fingerprint density at radius 3 is 3.00 bits per heavy atom. The lowest BCUT2D eigenvalue weighted by Gasteiger charge is -2.26. The molecule has 1 fully saturated rings. The van der Waals surface area contributed by atoms with Gasteiger partial charge in [-0.25, -0.2) is 0 Å². The molecule has 96 valence electrons. The summed E-state index contributed by atoms with van der Waals surface area (Å²) < 4.78 is 4.89. The Balaban J connectivity index is 1.81. The van der Waals surface area contributed by atoms with Gasteiger partial charge in [0.2, 0.25) is 11.8 Å². The summed E-state index contributed by atoms with van der Waals surface area (Å²) in [4.78, 5) is 35.7. The minimum atomic E-state index is -0.449. The Hall–Kier alpha value is -2.31. The molecule has 2 heterocycles. The van der Waals surface area contributed by atoms with Gasteiger partial charge < -0.3 is 20.0 Å². The van der Waals surface area contributed by atoms with Crippen molar-refractivity contribution >= 4 is 17.7 Å². The Morgan fingerprint density at radius 2 is 2.33 bits per heavy atom. The van der Waals surface area contributed by atoms with Gasteiger partial charge in [-0.05, 0) is 12.1 Å². The highest BCUT2D eigenvalue weighted by Gasteiger charge is 2.21. The van der Waals surface area contributed by atoms with Gasteiger partial charge in [0.25, 0.3) is 5.91 Å². The van der Waals surface area contributed by atoms with Crippen LogP contribution in [0.5, 0.6) is 0 Å². The molecular weight excluding hydrogens is 238 g/mol. The molecule has 0 bridgehead atoms. The smallest absolute Gasteiger partial charge is 0.287 e. The molecule has 1 saturated heterocycles. The molecule has 1 aliphatic rings. The van der Waals surface area contributed by atoms with Gasteiger partial charge in [-0.15, -0.1) is 0 Å². The topological polar surface area (TPSA) is 91.7 Å². The Labute approximate surface area is 103 Å². The summed E-state index contributed by atoms with van der Waals surface area (Å²) in [5.41, 5.74) is 0. The molecule has 1 aromatic heterocycles. The van der Waals surface area contributed by atoms with Crippen LogP contribution in [0.2, 0.25) is 0 Å². The van der Waals surface area contributed by atoms with Gasteiger partial charge >= 0.3 is 0 Å².